The number of carboxylic acid groups (broad SMARTS) is 1. The molecule has 1 spiro atoms. The Morgan fingerprint density at radius 1 is 0.854 bits per heavy atom. The van der Waals surface area contributed by atoms with E-state index in [4.69, 9.17) is 5.11 Å². The van der Waals surface area contributed by atoms with Gasteiger partial charge in [-0.1, -0.05) is 78.9 Å². The first-order chi connectivity index (χ1) is 20.0. The van der Waals surface area contributed by atoms with Gasteiger partial charge in [0.1, 0.15) is 11.0 Å². The minimum absolute atomic E-state index is 0.126. The molecule has 0 aliphatic carbocycles. The number of aliphatic carboxylic acids is 1. The van der Waals surface area contributed by atoms with E-state index in [1.165, 1.54) is 0 Å². The summed E-state index contributed by atoms with van der Waals surface area (Å²) in [6.07, 6.45) is 3.45. The van der Waals surface area contributed by atoms with Gasteiger partial charge in [0, 0.05) is 38.3 Å². The number of benzene rings is 3. The number of carboxylic acids is 1. The SMILES string of the molecule is N#CC(CCN1CCC2(CC1)C(=O)N(CCCCC(=O)O)CN2c1ccccc1)(c1ccccc1)c1ccccc1. The van der Waals surface area contributed by atoms with Crippen LogP contribution in [0.5, 0.6) is 0 Å². The van der Waals surface area contributed by atoms with Crippen LogP contribution in [0, 0.1) is 11.3 Å². The van der Waals surface area contributed by atoms with E-state index in [1.807, 2.05) is 83.8 Å². The summed E-state index contributed by atoms with van der Waals surface area (Å²) < 4.78 is 0. The summed E-state index contributed by atoms with van der Waals surface area (Å²) in [4.78, 5) is 31.5. The fraction of sp³-hybridized carbons (Fsp3) is 0.382. The number of nitriles is 1. The van der Waals surface area contributed by atoms with Crippen LogP contribution in [-0.4, -0.2) is 65.2 Å². The highest BCUT2D eigenvalue weighted by atomic mass is 16.4. The maximum Gasteiger partial charge on any atom is 0.303 e. The molecule has 1 amide bonds. The third-order valence-corrected chi connectivity index (χ3v) is 8.86. The zero-order valence-corrected chi connectivity index (χ0v) is 23.5. The molecule has 2 heterocycles. The molecule has 5 rings (SSSR count). The van der Waals surface area contributed by atoms with Gasteiger partial charge in [-0.15, -0.1) is 0 Å². The Bertz CT molecular complexity index is 1310. The van der Waals surface area contributed by atoms with Gasteiger partial charge in [-0.25, -0.2) is 0 Å². The first-order valence-corrected chi connectivity index (χ1v) is 14.6. The van der Waals surface area contributed by atoms with Crippen molar-refractivity contribution in [1.29, 1.82) is 5.26 Å². The van der Waals surface area contributed by atoms with Gasteiger partial charge in [-0.2, -0.15) is 5.26 Å². The number of para-hydroxylation sites is 1. The summed E-state index contributed by atoms with van der Waals surface area (Å²) in [7, 11) is 0. The maximum absolute atomic E-state index is 13.9. The monoisotopic (exact) mass is 550 g/mol. The molecule has 2 fully saturated rings. The van der Waals surface area contributed by atoms with Crippen molar-refractivity contribution in [2.45, 2.75) is 49.5 Å². The number of amides is 1. The van der Waals surface area contributed by atoms with E-state index in [-0.39, 0.29) is 12.3 Å². The zero-order valence-electron chi connectivity index (χ0n) is 23.5. The summed E-state index contributed by atoms with van der Waals surface area (Å²) >= 11 is 0. The summed E-state index contributed by atoms with van der Waals surface area (Å²) in [6, 6.07) is 32.9. The van der Waals surface area contributed by atoms with Crippen molar-refractivity contribution >= 4 is 17.6 Å². The van der Waals surface area contributed by atoms with Crippen molar-refractivity contribution in [2.75, 3.05) is 37.7 Å². The van der Waals surface area contributed by atoms with Crippen molar-refractivity contribution in [3.05, 3.63) is 102 Å². The molecule has 0 aromatic heterocycles. The predicted octanol–water partition coefficient (Wildman–Crippen LogP) is 5.28. The lowest BCUT2D eigenvalue weighted by atomic mass is 9.73. The molecule has 0 atom stereocenters. The summed E-state index contributed by atoms with van der Waals surface area (Å²) in [5, 5.41) is 19.6. The molecule has 212 valence electrons. The number of hydrogen-bond acceptors (Lipinski definition) is 5. The van der Waals surface area contributed by atoms with E-state index < -0.39 is 16.9 Å². The summed E-state index contributed by atoms with van der Waals surface area (Å²) in [5.41, 5.74) is 1.70. The lowest BCUT2D eigenvalue weighted by Gasteiger charge is -2.44. The van der Waals surface area contributed by atoms with Crippen LogP contribution in [0.25, 0.3) is 0 Å². The number of unbranched alkanes of at least 4 members (excludes halogenated alkanes) is 1. The van der Waals surface area contributed by atoms with Crippen molar-refractivity contribution in [3.8, 4) is 6.07 Å². The predicted molar refractivity (Wildman–Crippen MR) is 159 cm³/mol. The van der Waals surface area contributed by atoms with E-state index >= 15 is 0 Å². The number of carbonyl (C=O) groups excluding carboxylic acids is 1. The van der Waals surface area contributed by atoms with Crippen molar-refractivity contribution in [2.24, 2.45) is 0 Å². The normalized spacial score (nSPS) is 17.1. The minimum Gasteiger partial charge on any atom is -0.481 e. The molecule has 2 aliphatic heterocycles. The first-order valence-electron chi connectivity index (χ1n) is 14.6. The van der Waals surface area contributed by atoms with Gasteiger partial charge in [0.25, 0.3) is 0 Å². The van der Waals surface area contributed by atoms with Crippen LogP contribution in [0.1, 0.15) is 49.7 Å². The van der Waals surface area contributed by atoms with Crippen molar-refractivity contribution < 1.29 is 14.7 Å². The summed E-state index contributed by atoms with van der Waals surface area (Å²) in [5.74, 6) is -0.649. The third-order valence-electron chi connectivity index (χ3n) is 8.86. The number of carbonyl (C=O) groups is 2. The molecule has 0 saturated carbocycles. The number of anilines is 1. The number of nitrogens with zero attached hydrogens (tertiary/aromatic N) is 4. The van der Waals surface area contributed by atoms with Gasteiger partial charge in [0.2, 0.25) is 5.91 Å². The molecule has 7 heteroatoms. The van der Waals surface area contributed by atoms with Crippen LogP contribution in [-0.2, 0) is 15.0 Å². The Hall–Kier alpha value is -4.15. The molecule has 3 aromatic carbocycles. The van der Waals surface area contributed by atoms with Gasteiger partial charge in [-0.05, 0) is 55.4 Å². The summed E-state index contributed by atoms with van der Waals surface area (Å²) in [6.45, 7) is 3.39. The lowest BCUT2D eigenvalue weighted by molar-refractivity contribution is -0.137. The van der Waals surface area contributed by atoms with E-state index in [0.29, 0.717) is 45.3 Å². The van der Waals surface area contributed by atoms with E-state index in [1.54, 1.807) is 0 Å². The number of rotatable bonds is 11. The van der Waals surface area contributed by atoms with Crippen LogP contribution in [0.2, 0.25) is 0 Å². The number of hydrogen-bond donors (Lipinski definition) is 1. The average molecular weight is 551 g/mol. The fourth-order valence-electron chi connectivity index (χ4n) is 6.51. The van der Waals surface area contributed by atoms with Gasteiger partial charge < -0.3 is 19.8 Å². The number of likely N-dealkylation sites (tertiary alicyclic amines) is 1. The van der Waals surface area contributed by atoms with Crippen LogP contribution in [0.4, 0.5) is 5.69 Å². The lowest BCUT2D eigenvalue weighted by Crippen LogP contribution is -2.56. The second-order valence-corrected chi connectivity index (χ2v) is 11.2. The second kappa shape index (κ2) is 12.6. The van der Waals surface area contributed by atoms with Gasteiger partial charge in [0.05, 0.1) is 12.7 Å². The van der Waals surface area contributed by atoms with Crippen molar-refractivity contribution in [1.82, 2.24) is 9.80 Å². The number of piperidine rings is 1. The van der Waals surface area contributed by atoms with Crippen LogP contribution in [0.15, 0.2) is 91.0 Å². The van der Waals surface area contributed by atoms with E-state index in [0.717, 1.165) is 36.4 Å². The molecule has 1 N–H and O–H groups in total. The van der Waals surface area contributed by atoms with Crippen LogP contribution in [0.3, 0.4) is 0 Å². The first kappa shape index (κ1) is 28.4. The zero-order chi connectivity index (χ0) is 28.7. The fourth-order valence-corrected chi connectivity index (χ4v) is 6.51. The molecule has 2 aliphatic rings. The standard InChI is InChI=1S/C34H38N4O3/c35-26-33(28-12-4-1-5-13-28,29-14-6-2-7-15-29)19-23-36-24-20-34(21-25-36)32(41)37(22-11-10-18-31(39)40)27-38(34)30-16-8-3-9-17-30/h1-9,12-17H,10-11,18-25,27H2,(H,39,40). The molecule has 0 unspecified atom stereocenters. The minimum atomic E-state index is -0.799. The quantitative estimate of drug-likeness (QED) is 0.327. The van der Waals surface area contributed by atoms with E-state index in [9.17, 15) is 14.9 Å². The molecule has 41 heavy (non-hydrogen) atoms. The molecule has 7 nitrogen and oxygen atoms in total. The van der Waals surface area contributed by atoms with Gasteiger partial charge in [-0.3, -0.25) is 9.59 Å². The molecule has 0 bridgehead atoms. The largest absolute Gasteiger partial charge is 0.481 e. The van der Waals surface area contributed by atoms with E-state index in [2.05, 4.69) is 28.0 Å². The maximum atomic E-state index is 13.9. The van der Waals surface area contributed by atoms with Gasteiger partial charge >= 0.3 is 5.97 Å². The topological polar surface area (TPSA) is 87.9 Å². The Morgan fingerprint density at radius 2 is 1.41 bits per heavy atom. The van der Waals surface area contributed by atoms with Crippen LogP contribution >= 0.6 is 0 Å². The highest BCUT2D eigenvalue weighted by Crippen LogP contribution is 2.41. The molecule has 0 radical (unpaired) electrons. The molecular formula is C34H38N4O3. The molecule has 3 aromatic rings. The Morgan fingerprint density at radius 3 is 1.95 bits per heavy atom. The Balaban J connectivity index is 1.31. The Labute approximate surface area is 242 Å². The third kappa shape index (κ3) is 5.84. The van der Waals surface area contributed by atoms with Crippen molar-refractivity contribution in [3.63, 3.8) is 0 Å². The second-order valence-electron chi connectivity index (χ2n) is 11.2. The molecular weight excluding hydrogens is 512 g/mol. The molecule has 2 saturated heterocycles. The van der Waals surface area contributed by atoms with Gasteiger partial charge in [0.15, 0.2) is 0 Å². The smallest absolute Gasteiger partial charge is 0.303 e. The average Bonchev–Trinajstić information content (AvgIpc) is 3.28. The highest BCUT2D eigenvalue weighted by Gasteiger charge is 2.53. The Kier molecular flexibility index (Phi) is 8.70. The highest BCUT2D eigenvalue weighted by molar-refractivity contribution is 5.93. The van der Waals surface area contributed by atoms with Crippen LogP contribution < -0.4 is 4.90 Å².